The molecule has 1 amide bonds. The van der Waals surface area contributed by atoms with Crippen molar-refractivity contribution in [3.63, 3.8) is 0 Å². The van der Waals surface area contributed by atoms with Crippen LogP contribution in [-0.4, -0.2) is 51.5 Å². The Morgan fingerprint density at radius 2 is 1.89 bits per heavy atom. The summed E-state index contributed by atoms with van der Waals surface area (Å²) < 4.78 is 33.1. The Hall–Kier alpha value is -1.44. The van der Waals surface area contributed by atoms with E-state index >= 15 is 0 Å². The van der Waals surface area contributed by atoms with Gasteiger partial charge in [-0.05, 0) is 37.2 Å². The van der Waals surface area contributed by atoms with Gasteiger partial charge in [0.05, 0.1) is 11.7 Å². The highest BCUT2D eigenvalue weighted by atomic mass is 32.2. The van der Waals surface area contributed by atoms with E-state index in [0.29, 0.717) is 25.7 Å². The third kappa shape index (κ3) is 4.20. The number of nitrogens with zero attached hydrogens (tertiary/aromatic N) is 1. The van der Waals surface area contributed by atoms with Gasteiger partial charge in [-0.2, -0.15) is 0 Å². The molecule has 1 atom stereocenters. The normalized spacial score (nSPS) is 25.6. The minimum absolute atomic E-state index is 0.0150. The molecule has 27 heavy (non-hydrogen) atoms. The lowest BCUT2D eigenvalue weighted by atomic mass is 9.72. The van der Waals surface area contributed by atoms with Crippen molar-refractivity contribution in [2.24, 2.45) is 17.3 Å². The van der Waals surface area contributed by atoms with Crippen molar-refractivity contribution in [3.05, 3.63) is 35.9 Å². The molecule has 2 heterocycles. The molecule has 7 heteroatoms. The zero-order valence-electron chi connectivity index (χ0n) is 15.6. The van der Waals surface area contributed by atoms with Crippen molar-refractivity contribution in [2.45, 2.75) is 31.4 Å². The highest BCUT2D eigenvalue weighted by molar-refractivity contribution is 7.88. The van der Waals surface area contributed by atoms with Crippen molar-refractivity contribution in [1.29, 1.82) is 0 Å². The van der Waals surface area contributed by atoms with Crippen LogP contribution >= 0.6 is 0 Å². The summed E-state index contributed by atoms with van der Waals surface area (Å²) in [5.41, 5.74) is 0.482. The first-order valence-electron chi connectivity index (χ1n) is 9.86. The van der Waals surface area contributed by atoms with E-state index in [1.54, 1.807) is 4.31 Å². The molecule has 1 aromatic rings. The van der Waals surface area contributed by atoms with Gasteiger partial charge in [0, 0.05) is 38.3 Å². The molecule has 1 aliphatic carbocycles. The third-order valence-corrected chi connectivity index (χ3v) is 8.03. The van der Waals surface area contributed by atoms with Crippen LogP contribution in [0.1, 0.15) is 31.2 Å². The Morgan fingerprint density at radius 1 is 1.19 bits per heavy atom. The van der Waals surface area contributed by atoms with E-state index in [1.165, 1.54) is 12.8 Å². The highest BCUT2D eigenvalue weighted by Gasteiger charge is 2.53. The molecule has 6 nitrogen and oxygen atoms in total. The fourth-order valence-corrected chi connectivity index (χ4v) is 5.97. The first-order valence-corrected chi connectivity index (χ1v) is 11.5. The molecule has 2 aliphatic heterocycles. The molecule has 0 bridgehead atoms. The predicted molar refractivity (Wildman–Crippen MR) is 102 cm³/mol. The molecule has 0 aromatic heterocycles. The van der Waals surface area contributed by atoms with Gasteiger partial charge < -0.3 is 10.1 Å². The second-order valence-electron chi connectivity index (χ2n) is 8.25. The Labute approximate surface area is 161 Å². The van der Waals surface area contributed by atoms with E-state index in [-0.39, 0.29) is 29.5 Å². The summed E-state index contributed by atoms with van der Waals surface area (Å²) in [4.78, 5) is 12.9. The van der Waals surface area contributed by atoms with E-state index in [1.807, 2.05) is 30.3 Å². The molecule has 1 saturated carbocycles. The van der Waals surface area contributed by atoms with E-state index in [2.05, 4.69) is 5.32 Å². The Bertz CT molecular complexity index is 770. The van der Waals surface area contributed by atoms with Crippen LogP contribution in [0.5, 0.6) is 0 Å². The number of hydrogen-bond acceptors (Lipinski definition) is 4. The molecule has 1 N–H and O–H groups in total. The van der Waals surface area contributed by atoms with Crippen LogP contribution in [0.3, 0.4) is 0 Å². The quantitative estimate of drug-likeness (QED) is 0.801. The smallest absolute Gasteiger partial charge is 0.225 e. The number of carbonyl (C=O) groups excluding carboxylic acids is 1. The van der Waals surface area contributed by atoms with Gasteiger partial charge in [0.15, 0.2) is 0 Å². The van der Waals surface area contributed by atoms with Crippen molar-refractivity contribution in [2.75, 3.05) is 32.8 Å². The minimum Gasteiger partial charge on any atom is -0.381 e. The number of hydrogen-bond donors (Lipinski definition) is 1. The average Bonchev–Trinajstić information content (AvgIpc) is 3.42. The lowest BCUT2D eigenvalue weighted by Gasteiger charge is -2.37. The lowest BCUT2D eigenvalue weighted by molar-refractivity contribution is -0.129. The summed E-state index contributed by atoms with van der Waals surface area (Å²) in [5, 5.41) is 3.08. The van der Waals surface area contributed by atoms with Crippen molar-refractivity contribution in [1.82, 2.24) is 9.62 Å². The topological polar surface area (TPSA) is 75.7 Å². The molecule has 1 spiro atoms. The number of rotatable bonds is 6. The zero-order chi connectivity index (χ0) is 18.9. The first kappa shape index (κ1) is 18.9. The number of sulfonamides is 1. The summed E-state index contributed by atoms with van der Waals surface area (Å²) in [5.74, 6) is 0.322. The second-order valence-corrected chi connectivity index (χ2v) is 10.2. The molecule has 4 rings (SSSR count). The summed E-state index contributed by atoms with van der Waals surface area (Å²) in [6, 6.07) is 9.24. The minimum atomic E-state index is -3.46. The van der Waals surface area contributed by atoms with Gasteiger partial charge in [-0.1, -0.05) is 30.3 Å². The molecule has 3 fully saturated rings. The molecule has 2 saturated heterocycles. The maximum atomic E-state index is 13.0. The van der Waals surface area contributed by atoms with Gasteiger partial charge in [-0.25, -0.2) is 12.7 Å². The van der Waals surface area contributed by atoms with Gasteiger partial charge in [-0.3, -0.25) is 4.79 Å². The van der Waals surface area contributed by atoms with Crippen molar-refractivity contribution >= 4 is 15.9 Å². The van der Waals surface area contributed by atoms with Crippen LogP contribution in [0.2, 0.25) is 0 Å². The van der Waals surface area contributed by atoms with Crippen LogP contribution < -0.4 is 5.32 Å². The molecule has 0 radical (unpaired) electrons. The molecular formula is C20H28N2O4S. The molecule has 148 valence electrons. The molecule has 3 aliphatic rings. The number of nitrogens with one attached hydrogen (secondary N) is 1. The Kier molecular flexibility index (Phi) is 5.27. The summed E-state index contributed by atoms with van der Waals surface area (Å²) in [7, 11) is -3.46. The maximum Gasteiger partial charge on any atom is 0.225 e. The van der Waals surface area contributed by atoms with Gasteiger partial charge >= 0.3 is 0 Å². The van der Waals surface area contributed by atoms with Crippen LogP contribution in [0.4, 0.5) is 0 Å². The predicted octanol–water partition coefficient (Wildman–Crippen LogP) is 1.77. The van der Waals surface area contributed by atoms with E-state index in [9.17, 15) is 13.2 Å². The monoisotopic (exact) mass is 392 g/mol. The van der Waals surface area contributed by atoms with Gasteiger partial charge in [-0.15, -0.1) is 0 Å². The number of ether oxygens (including phenoxy) is 1. The molecule has 1 unspecified atom stereocenters. The van der Waals surface area contributed by atoms with Crippen LogP contribution in [0.15, 0.2) is 30.3 Å². The van der Waals surface area contributed by atoms with Crippen LogP contribution in [0, 0.1) is 17.3 Å². The number of carbonyl (C=O) groups is 1. The zero-order valence-corrected chi connectivity index (χ0v) is 16.4. The van der Waals surface area contributed by atoms with E-state index in [4.69, 9.17) is 4.74 Å². The van der Waals surface area contributed by atoms with Gasteiger partial charge in [0.25, 0.3) is 0 Å². The maximum absolute atomic E-state index is 13.0. The number of benzene rings is 1. The van der Waals surface area contributed by atoms with Crippen molar-refractivity contribution < 1.29 is 17.9 Å². The van der Waals surface area contributed by atoms with Crippen molar-refractivity contribution in [3.8, 4) is 0 Å². The standard InChI is InChI=1S/C20H28N2O4S/c23-19(21-12-16-6-7-16)18-13-22(15-20(18)8-10-26-11-9-20)27(24,25)14-17-4-2-1-3-5-17/h1-5,16,18H,6-15H2,(H,21,23). The lowest BCUT2D eigenvalue weighted by Crippen LogP contribution is -2.44. The highest BCUT2D eigenvalue weighted by Crippen LogP contribution is 2.45. The first-order chi connectivity index (χ1) is 13.0. The molecular weight excluding hydrogens is 364 g/mol. The average molecular weight is 393 g/mol. The van der Waals surface area contributed by atoms with Crippen LogP contribution in [-0.2, 0) is 25.3 Å². The SMILES string of the molecule is O=C(NCC1CC1)C1CN(S(=O)(=O)Cc2ccccc2)CC12CCOCC2. The Balaban J connectivity index is 1.51. The van der Waals surface area contributed by atoms with Crippen LogP contribution in [0.25, 0.3) is 0 Å². The van der Waals surface area contributed by atoms with E-state index in [0.717, 1.165) is 24.9 Å². The van der Waals surface area contributed by atoms with Gasteiger partial charge in [0.1, 0.15) is 0 Å². The number of amides is 1. The Morgan fingerprint density at radius 3 is 2.56 bits per heavy atom. The fourth-order valence-electron chi connectivity index (χ4n) is 4.35. The largest absolute Gasteiger partial charge is 0.381 e. The van der Waals surface area contributed by atoms with Gasteiger partial charge in [0.2, 0.25) is 15.9 Å². The summed E-state index contributed by atoms with van der Waals surface area (Å²) in [6.07, 6.45) is 3.85. The molecule has 1 aromatic carbocycles. The summed E-state index contributed by atoms with van der Waals surface area (Å²) in [6.45, 7) is 2.62. The fraction of sp³-hybridized carbons (Fsp3) is 0.650. The van der Waals surface area contributed by atoms with E-state index < -0.39 is 10.0 Å². The summed E-state index contributed by atoms with van der Waals surface area (Å²) >= 11 is 0. The third-order valence-electron chi connectivity index (χ3n) is 6.27. The second kappa shape index (κ2) is 7.53.